The van der Waals surface area contributed by atoms with Crippen molar-refractivity contribution >= 4 is 18.0 Å². The number of halogens is 3. The number of carboxylic acids is 1. The summed E-state index contributed by atoms with van der Waals surface area (Å²) in [4.78, 5) is 35.1. The van der Waals surface area contributed by atoms with E-state index in [2.05, 4.69) is 0 Å². The fraction of sp³-hybridized carbons (Fsp3) is 0.625. The normalized spacial score (nSPS) is 17.0. The summed E-state index contributed by atoms with van der Waals surface area (Å²) in [7, 11) is 0. The highest BCUT2D eigenvalue weighted by Gasteiger charge is 2.38. The van der Waals surface area contributed by atoms with Gasteiger partial charge in [-0.2, -0.15) is 13.2 Å². The minimum Gasteiger partial charge on any atom is -0.490 e. The van der Waals surface area contributed by atoms with Crippen LogP contribution < -0.4 is 15.2 Å². The van der Waals surface area contributed by atoms with Gasteiger partial charge in [0.25, 0.3) is 0 Å². The summed E-state index contributed by atoms with van der Waals surface area (Å²) in [6.07, 6.45) is -6.99. The summed E-state index contributed by atoms with van der Waals surface area (Å²) < 4.78 is 59.4. The van der Waals surface area contributed by atoms with Crippen molar-refractivity contribution < 1.29 is 56.3 Å². The van der Waals surface area contributed by atoms with E-state index in [1.165, 1.54) is 11.8 Å². The van der Waals surface area contributed by atoms with Gasteiger partial charge in [0.05, 0.1) is 25.7 Å². The Morgan fingerprint density at radius 2 is 1.71 bits per heavy atom. The van der Waals surface area contributed by atoms with Gasteiger partial charge in [-0.25, -0.2) is 9.59 Å². The lowest BCUT2D eigenvalue weighted by molar-refractivity contribution is -0.192. The molecule has 1 aliphatic heterocycles. The van der Waals surface area contributed by atoms with Crippen LogP contribution in [0.3, 0.4) is 0 Å². The molecule has 14 heteroatoms. The molecule has 1 amide bonds. The van der Waals surface area contributed by atoms with Crippen molar-refractivity contribution in [3.05, 3.63) is 24.3 Å². The Hall–Kier alpha value is -3.26. The first-order valence-corrected chi connectivity index (χ1v) is 11.9. The van der Waals surface area contributed by atoms with Gasteiger partial charge in [-0.05, 0) is 25.0 Å². The average Bonchev–Trinajstić information content (AvgIpc) is 2.83. The third kappa shape index (κ3) is 11.4. The molecule has 0 aliphatic carbocycles. The van der Waals surface area contributed by atoms with E-state index < -0.39 is 36.4 Å². The van der Waals surface area contributed by atoms with Crippen molar-refractivity contribution in [2.45, 2.75) is 46.3 Å². The molecule has 1 aliphatic rings. The highest BCUT2D eigenvalue weighted by atomic mass is 19.4. The van der Waals surface area contributed by atoms with Crippen molar-refractivity contribution in [1.29, 1.82) is 0 Å². The van der Waals surface area contributed by atoms with Gasteiger partial charge >= 0.3 is 24.2 Å². The number of benzene rings is 1. The molecular weight excluding hydrogens is 517 g/mol. The molecule has 0 aromatic heterocycles. The van der Waals surface area contributed by atoms with Gasteiger partial charge in [-0.3, -0.25) is 4.79 Å². The summed E-state index contributed by atoms with van der Waals surface area (Å²) >= 11 is 0. The Bertz CT molecular complexity index is 899. The summed E-state index contributed by atoms with van der Waals surface area (Å²) in [5, 5.41) is 7.12. The van der Waals surface area contributed by atoms with Crippen LogP contribution in [0.25, 0.3) is 0 Å². The number of amides is 1. The van der Waals surface area contributed by atoms with Gasteiger partial charge in [-0.15, -0.1) is 0 Å². The zero-order chi connectivity index (χ0) is 28.9. The van der Waals surface area contributed by atoms with E-state index in [0.717, 1.165) is 0 Å². The van der Waals surface area contributed by atoms with E-state index in [-0.39, 0.29) is 25.2 Å². The van der Waals surface area contributed by atoms with Gasteiger partial charge in [0.1, 0.15) is 12.7 Å². The SMILES string of the molecule is CCOc1ccccc1OCC1CN(C(=O)OC(C)OC(=O)C(CN)C(C)C)CCO1.O=C(O)C(F)(F)F. The zero-order valence-electron chi connectivity index (χ0n) is 21.7. The second-order valence-corrected chi connectivity index (χ2v) is 8.41. The fourth-order valence-corrected chi connectivity index (χ4v) is 3.14. The number of esters is 1. The number of nitrogens with zero attached hydrogens (tertiary/aromatic N) is 1. The number of alkyl halides is 3. The number of nitrogens with two attached hydrogens (primary N) is 1. The highest BCUT2D eigenvalue weighted by Crippen LogP contribution is 2.27. The summed E-state index contributed by atoms with van der Waals surface area (Å²) in [5.74, 6) is -2.36. The van der Waals surface area contributed by atoms with Crippen molar-refractivity contribution in [2.75, 3.05) is 39.5 Å². The lowest BCUT2D eigenvalue weighted by atomic mass is 9.96. The molecule has 2 rings (SSSR count). The van der Waals surface area contributed by atoms with E-state index in [1.807, 2.05) is 45.0 Å². The van der Waals surface area contributed by atoms with Crippen LogP contribution in [-0.2, 0) is 23.8 Å². The van der Waals surface area contributed by atoms with E-state index in [1.54, 1.807) is 0 Å². The summed E-state index contributed by atoms with van der Waals surface area (Å²) in [5.41, 5.74) is 5.63. The first kappa shape index (κ1) is 32.8. The quantitative estimate of drug-likeness (QED) is 0.328. The maximum Gasteiger partial charge on any atom is 0.490 e. The minimum atomic E-state index is -5.08. The number of carbonyl (C=O) groups excluding carboxylic acids is 2. The summed E-state index contributed by atoms with van der Waals surface area (Å²) in [6, 6.07) is 7.39. The fourth-order valence-electron chi connectivity index (χ4n) is 3.14. The maximum absolute atomic E-state index is 12.5. The third-order valence-corrected chi connectivity index (χ3v) is 5.12. The third-order valence-electron chi connectivity index (χ3n) is 5.12. The minimum absolute atomic E-state index is 0.0354. The molecule has 1 fully saturated rings. The molecule has 1 saturated heterocycles. The largest absolute Gasteiger partial charge is 0.490 e. The first-order chi connectivity index (χ1) is 17.8. The molecule has 0 spiro atoms. The molecule has 38 heavy (non-hydrogen) atoms. The number of carbonyl (C=O) groups is 3. The first-order valence-electron chi connectivity index (χ1n) is 11.9. The second-order valence-electron chi connectivity index (χ2n) is 8.41. The van der Waals surface area contributed by atoms with Crippen molar-refractivity contribution in [2.24, 2.45) is 17.6 Å². The molecule has 3 atom stereocenters. The summed E-state index contributed by atoms with van der Waals surface area (Å²) in [6.45, 7) is 9.18. The molecule has 3 N–H and O–H groups in total. The smallest absolute Gasteiger partial charge is 0.490 e. The van der Waals surface area contributed by atoms with Crippen LogP contribution in [0.15, 0.2) is 24.3 Å². The maximum atomic E-state index is 12.5. The average molecular weight is 553 g/mol. The lowest BCUT2D eigenvalue weighted by Crippen LogP contribution is -2.48. The number of para-hydroxylation sites is 2. The van der Waals surface area contributed by atoms with Crippen LogP contribution in [0, 0.1) is 11.8 Å². The van der Waals surface area contributed by atoms with Gasteiger partial charge < -0.3 is 39.4 Å². The zero-order valence-corrected chi connectivity index (χ0v) is 21.7. The number of ether oxygens (including phenoxy) is 5. The van der Waals surface area contributed by atoms with Crippen LogP contribution in [-0.4, -0.2) is 86.1 Å². The monoisotopic (exact) mass is 552 g/mol. The van der Waals surface area contributed by atoms with Crippen LogP contribution in [0.4, 0.5) is 18.0 Å². The number of hydrogen-bond donors (Lipinski definition) is 2. The van der Waals surface area contributed by atoms with Gasteiger partial charge in [-0.1, -0.05) is 26.0 Å². The van der Waals surface area contributed by atoms with E-state index in [4.69, 9.17) is 39.3 Å². The van der Waals surface area contributed by atoms with Gasteiger partial charge in [0, 0.05) is 20.0 Å². The molecule has 1 heterocycles. The molecule has 0 radical (unpaired) electrons. The van der Waals surface area contributed by atoms with Crippen LogP contribution >= 0.6 is 0 Å². The molecule has 0 saturated carbocycles. The van der Waals surface area contributed by atoms with Crippen molar-refractivity contribution in [3.63, 3.8) is 0 Å². The van der Waals surface area contributed by atoms with Crippen molar-refractivity contribution in [3.8, 4) is 11.5 Å². The molecular formula is C24H35F3N2O9. The predicted octanol–water partition coefficient (Wildman–Crippen LogP) is 3.05. The molecule has 11 nitrogen and oxygen atoms in total. The van der Waals surface area contributed by atoms with Crippen LogP contribution in [0.1, 0.15) is 27.7 Å². The van der Waals surface area contributed by atoms with Crippen molar-refractivity contribution in [1.82, 2.24) is 4.90 Å². The number of aliphatic carboxylic acids is 1. The van der Waals surface area contributed by atoms with Gasteiger partial charge in [0.2, 0.25) is 6.29 Å². The van der Waals surface area contributed by atoms with E-state index in [0.29, 0.717) is 37.8 Å². The lowest BCUT2D eigenvalue weighted by Gasteiger charge is -2.33. The van der Waals surface area contributed by atoms with Gasteiger partial charge in [0.15, 0.2) is 11.5 Å². The Labute approximate surface area is 218 Å². The highest BCUT2D eigenvalue weighted by molar-refractivity contribution is 5.74. The number of rotatable bonds is 10. The topological polar surface area (TPSA) is 147 Å². The van der Waals surface area contributed by atoms with Crippen LogP contribution in [0.5, 0.6) is 11.5 Å². The Kier molecular flexibility index (Phi) is 13.7. The number of hydrogen-bond acceptors (Lipinski definition) is 9. The number of carboxylic acid groups (broad SMARTS) is 1. The van der Waals surface area contributed by atoms with E-state index >= 15 is 0 Å². The molecule has 3 unspecified atom stereocenters. The molecule has 0 bridgehead atoms. The Morgan fingerprint density at radius 1 is 1.13 bits per heavy atom. The molecule has 1 aromatic carbocycles. The Balaban J connectivity index is 0.000000905. The second kappa shape index (κ2) is 15.9. The molecule has 216 valence electrons. The molecule has 1 aromatic rings. The Morgan fingerprint density at radius 3 is 2.21 bits per heavy atom. The van der Waals surface area contributed by atoms with E-state index in [9.17, 15) is 22.8 Å². The number of morpholine rings is 1. The standard InChI is InChI=1S/C22H34N2O7.C2HF3O2/c1-5-27-19-8-6-7-9-20(19)29-14-17-13-24(10-11-28-17)22(26)31-16(4)30-21(25)18(12-23)15(2)3;3-2(4,5)1(6)7/h6-9,15-18H,5,10-14,23H2,1-4H3;(H,6,7). The predicted molar refractivity (Wildman–Crippen MR) is 128 cm³/mol. The van der Waals surface area contributed by atoms with Crippen LogP contribution in [0.2, 0.25) is 0 Å².